The summed E-state index contributed by atoms with van der Waals surface area (Å²) in [7, 11) is 0. The van der Waals surface area contributed by atoms with E-state index in [-0.39, 0.29) is 17.5 Å². The molecule has 0 fully saturated rings. The molecule has 0 spiro atoms. The van der Waals surface area contributed by atoms with Crippen LogP contribution in [0.15, 0.2) is 16.9 Å². The van der Waals surface area contributed by atoms with Crippen LogP contribution in [0.4, 0.5) is 0 Å². The number of aromatic amines is 1. The van der Waals surface area contributed by atoms with Crippen LogP contribution in [-0.2, 0) is 0 Å². The van der Waals surface area contributed by atoms with Gasteiger partial charge in [0.25, 0.3) is 11.5 Å². The zero-order chi connectivity index (χ0) is 12.1. The van der Waals surface area contributed by atoms with Crippen LogP contribution in [0.3, 0.4) is 0 Å². The lowest BCUT2D eigenvalue weighted by Crippen LogP contribution is -2.29. The van der Waals surface area contributed by atoms with Gasteiger partial charge in [-0.15, -0.1) is 0 Å². The van der Waals surface area contributed by atoms with Gasteiger partial charge in [-0.3, -0.25) is 14.6 Å². The summed E-state index contributed by atoms with van der Waals surface area (Å²) in [5.41, 5.74) is 5.13. The van der Waals surface area contributed by atoms with E-state index < -0.39 is 11.5 Å². The summed E-state index contributed by atoms with van der Waals surface area (Å²) in [6, 6.07) is 2.33. The fraction of sp³-hybridized carbons (Fsp3) is 0.400. The molecule has 5 N–H and O–H groups in total. The van der Waals surface area contributed by atoms with Gasteiger partial charge in [-0.25, -0.2) is 0 Å². The molecule has 0 saturated carbocycles. The summed E-state index contributed by atoms with van der Waals surface area (Å²) in [4.78, 5) is 24.6. The van der Waals surface area contributed by atoms with Gasteiger partial charge in [-0.1, -0.05) is 0 Å². The maximum Gasteiger partial charge on any atom is 0.251 e. The molecule has 1 unspecified atom stereocenters. The number of nitrogens with one attached hydrogen (secondary N) is 2. The second-order valence-corrected chi connectivity index (χ2v) is 3.64. The fourth-order valence-electron chi connectivity index (χ4n) is 1.18. The predicted octanol–water partition coefficient (Wildman–Crippen LogP) is -0.452. The Morgan fingerprint density at radius 1 is 1.62 bits per heavy atom. The Morgan fingerprint density at radius 2 is 2.31 bits per heavy atom. The minimum absolute atomic E-state index is 0.00730. The molecular formula is C10H15N3O3. The molecule has 1 rings (SSSR count). The Bertz CT molecular complexity index is 426. The third-order valence-corrected chi connectivity index (χ3v) is 1.98. The number of carbonyl (C=O) groups excluding carboxylic acids is 1. The summed E-state index contributed by atoms with van der Waals surface area (Å²) < 4.78 is 0. The number of nitrogens with two attached hydrogens (primary N) is 1. The van der Waals surface area contributed by atoms with E-state index in [2.05, 4.69) is 10.3 Å². The second kappa shape index (κ2) is 5.32. The molecule has 1 atom stereocenters. The Kier molecular flexibility index (Phi) is 4.07. The van der Waals surface area contributed by atoms with Crippen LogP contribution in [0, 0.1) is 0 Å². The molecule has 0 radical (unpaired) electrons. The van der Waals surface area contributed by atoms with Gasteiger partial charge in [0.1, 0.15) is 0 Å². The van der Waals surface area contributed by atoms with Crippen molar-refractivity contribution in [2.45, 2.75) is 19.4 Å². The summed E-state index contributed by atoms with van der Waals surface area (Å²) in [5.74, 6) is -0.730. The fourth-order valence-corrected chi connectivity index (χ4v) is 1.18. The highest BCUT2D eigenvalue weighted by Crippen LogP contribution is 2.03. The number of aromatic nitrogens is 1. The zero-order valence-corrected chi connectivity index (χ0v) is 8.99. The molecule has 1 aromatic rings. The number of hydrogen-bond donors (Lipinski definition) is 4. The Labute approximate surface area is 92.5 Å². The number of aromatic hydroxyl groups is 1. The smallest absolute Gasteiger partial charge is 0.251 e. The summed E-state index contributed by atoms with van der Waals surface area (Å²) in [6.45, 7) is 2.27. The molecule has 1 aromatic heterocycles. The number of amides is 1. The highest BCUT2D eigenvalue weighted by atomic mass is 16.3. The Morgan fingerprint density at radius 3 is 2.88 bits per heavy atom. The summed E-state index contributed by atoms with van der Waals surface area (Å²) >= 11 is 0. The van der Waals surface area contributed by atoms with Gasteiger partial charge < -0.3 is 16.2 Å². The standard InChI is InChI=1S/C10H15N3O3/c1-6(11)2-3-12-10(16)7-4-8(14)13-9(15)5-7/h4-6H,2-3,11H2,1H3,(H,12,16)(H2,13,14,15). The average molecular weight is 225 g/mol. The first-order chi connectivity index (χ1) is 7.49. The van der Waals surface area contributed by atoms with Gasteiger partial charge in [-0.2, -0.15) is 0 Å². The van der Waals surface area contributed by atoms with E-state index in [0.717, 1.165) is 6.07 Å². The van der Waals surface area contributed by atoms with E-state index in [9.17, 15) is 9.59 Å². The molecule has 88 valence electrons. The number of rotatable bonds is 4. The molecule has 0 aliphatic carbocycles. The number of hydrogen-bond acceptors (Lipinski definition) is 4. The molecule has 6 nitrogen and oxygen atoms in total. The number of pyridine rings is 1. The molecule has 0 aromatic carbocycles. The van der Waals surface area contributed by atoms with Crippen LogP contribution >= 0.6 is 0 Å². The van der Waals surface area contributed by atoms with E-state index in [1.165, 1.54) is 6.07 Å². The monoisotopic (exact) mass is 225 g/mol. The lowest BCUT2D eigenvalue weighted by Gasteiger charge is -2.07. The first-order valence-corrected chi connectivity index (χ1v) is 4.96. The first-order valence-electron chi connectivity index (χ1n) is 4.96. The Balaban J connectivity index is 2.63. The van der Waals surface area contributed by atoms with Crippen LogP contribution in [0.25, 0.3) is 0 Å². The van der Waals surface area contributed by atoms with Crippen LogP contribution in [0.1, 0.15) is 23.7 Å². The minimum Gasteiger partial charge on any atom is -0.494 e. The van der Waals surface area contributed by atoms with Crippen molar-refractivity contribution in [1.29, 1.82) is 0 Å². The van der Waals surface area contributed by atoms with E-state index in [1.54, 1.807) is 0 Å². The maximum atomic E-state index is 11.5. The first kappa shape index (κ1) is 12.3. The van der Waals surface area contributed by atoms with Crippen molar-refractivity contribution in [1.82, 2.24) is 10.3 Å². The van der Waals surface area contributed by atoms with Crippen molar-refractivity contribution in [3.8, 4) is 5.88 Å². The van der Waals surface area contributed by atoms with E-state index in [0.29, 0.717) is 13.0 Å². The number of H-pyrrole nitrogens is 1. The summed E-state index contributed by atoms with van der Waals surface area (Å²) in [6.07, 6.45) is 0.654. The zero-order valence-electron chi connectivity index (χ0n) is 8.99. The third kappa shape index (κ3) is 3.74. The van der Waals surface area contributed by atoms with Crippen molar-refractivity contribution < 1.29 is 9.90 Å². The van der Waals surface area contributed by atoms with Crippen molar-refractivity contribution in [2.75, 3.05) is 6.54 Å². The van der Waals surface area contributed by atoms with E-state index in [1.807, 2.05) is 6.92 Å². The SMILES string of the molecule is CC(N)CCNC(=O)c1cc(O)[nH]c(=O)c1. The molecule has 0 bridgehead atoms. The van der Waals surface area contributed by atoms with E-state index in [4.69, 9.17) is 10.8 Å². The van der Waals surface area contributed by atoms with Gasteiger partial charge in [0.2, 0.25) is 0 Å². The van der Waals surface area contributed by atoms with Crippen molar-refractivity contribution in [2.24, 2.45) is 5.73 Å². The molecular weight excluding hydrogens is 210 g/mol. The van der Waals surface area contributed by atoms with Crippen molar-refractivity contribution in [3.63, 3.8) is 0 Å². The highest BCUT2D eigenvalue weighted by molar-refractivity contribution is 5.94. The van der Waals surface area contributed by atoms with Gasteiger partial charge in [0.15, 0.2) is 5.88 Å². The average Bonchev–Trinajstić information content (AvgIpc) is 2.15. The van der Waals surface area contributed by atoms with Gasteiger partial charge >= 0.3 is 0 Å². The molecule has 0 aliphatic heterocycles. The molecule has 0 aliphatic rings. The third-order valence-electron chi connectivity index (χ3n) is 1.98. The summed E-state index contributed by atoms with van der Waals surface area (Å²) in [5, 5.41) is 11.7. The van der Waals surface area contributed by atoms with Crippen LogP contribution < -0.4 is 16.6 Å². The normalized spacial score (nSPS) is 12.1. The lowest BCUT2D eigenvalue weighted by molar-refractivity contribution is 0.0952. The van der Waals surface area contributed by atoms with Crippen LogP contribution in [0.2, 0.25) is 0 Å². The predicted molar refractivity (Wildman–Crippen MR) is 59.3 cm³/mol. The molecule has 16 heavy (non-hydrogen) atoms. The minimum atomic E-state index is -0.516. The molecule has 6 heteroatoms. The quantitative estimate of drug-likeness (QED) is 0.556. The topological polar surface area (TPSA) is 108 Å². The molecule has 1 amide bonds. The lowest BCUT2D eigenvalue weighted by atomic mass is 10.2. The largest absolute Gasteiger partial charge is 0.494 e. The molecule has 1 heterocycles. The van der Waals surface area contributed by atoms with Crippen LogP contribution in [-0.4, -0.2) is 28.6 Å². The Hall–Kier alpha value is -1.82. The second-order valence-electron chi connectivity index (χ2n) is 3.64. The van der Waals surface area contributed by atoms with Gasteiger partial charge in [0.05, 0.1) is 5.56 Å². The van der Waals surface area contributed by atoms with Crippen molar-refractivity contribution >= 4 is 5.91 Å². The van der Waals surface area contributed by atoms with Gasteiger partial charge in [0, 0.05) is 24.7 Å². The molecule has 0 saturated heterocycles. The number of carbonyl (C=O) groups is 1. The van der Waals surface area contributed by atoms with E-state index >= 15 is 0 Å². The van der Waals surface area contributed by atoms with Crippen molar-refractivity contribution in [3.05, 3.63) is 28.0 Å². The van der Waals surface area contributed by atoms with Crippen LogP contribution in [0.5, 0.6) is 5.88 Å². The maximum absolute atomic E-state index is 11.5. The highest BCUT2D eigenvalue weighted by Gasteiger charge is 2.07. The van der Waals surface area contributed by atoms with Gasteiger partial charge in [-0.05, 0) is 13.3 Å².